The average molecular weight is 348 g/mol. The summed E-state index contributed by atoms with van der Waals surface area (Å²) in [6.07, 6.45) is 0.650. The lowest BCUT2D eigenvalue weighted by Gasteiger charge is -2.12. The van der Waals surface area contributed by atoms with Gasteiger partial charge in [-0.3, -0.25) is 0 Å². The van der Waals surface area contributed by atoms with Gasteiger partial charge in [-0.2, -0.15) is 0 Å². The molecule has 3 aromatic carbocycles. The molecule has 0 aliphatic rings. The van der Waals surface area contributed by atoms with Crippen LogP contribution in [0.25, 0.3) is 11.1 Å². The first kappa shape index (κ1) is 17.5. The highest BCUT2D eigenvalue weighted by Gasteiger charge is 2.10. The SMILES string of the molecule is O=C(O)c1ccccc1OCCCOc1ccccc1-c1ccccc1. The summed E-state index contributed by atoms with van der Waals surface area (Å²) in [4.78, 5) is 11.2. The van der Waals surface area contributed by atoms with E-state index >= 15 is 0 Å². The van der Waals surface area contributed by atoms with Gasteiger partial charge in [0.2, 0.25) is 0 Å². The van der Waals surface area contributed by atoms with Crippen molar-refractivity contribution in [1.29, 1.82) is 0 Å². The summed E-state index contributed by atoms with van der Waals surface area (Å²) in [6.45, 7) is 0.872. The van der Waals surface area contributed by atoms with Gasteiger partial charge in [-0.05, 0) is 23.8 Å². The molecule has 0 atom stereocenters. The van der Waals surface area contributed by atoms with Crippen LogP contribution in [-0.4, -0.2) is 24.3 Å². The number of carboxylic acid groups (broad SMARTS) is 1. The minimum Gasteiger partial charge on any atom is -0.493 e. The van der Waals surface area contributed by atoms with E-state index in [1.54, 1.807) is 18.2 Å². The van der Waals surface area contributed by atoms with Crippen LogP contribution in [0.1, 0.15) is 16.8 Å². The lowest BCUT2D eigenvalue weighted by molar-refractivity contribution is 0.0692. The van der Waals surface area contributed by atoms with E-state index in [1.807, 2.05) is 54.6 Å². The number of hydrogen-bond acceptors (Lipinski definition) is 3. The number of hydrogen-bond donors (Lipinski definition) is 1. The maximum Gasteiger partial charge on any atom is 0.339 e. The Morgan fingerprint density at radius 3 is 2.04 bits per heavy atom. The molecule has 4 nitrogen and oxygen atoms in total. The van der Waals surface area contributed by atoms with Gasteiger partial charge in [-0.1, -0.05) is 60.7 Å². The lowest BCUT2D eigenvalue weighted by atomic mass is 10.1. The van der Waals surface area contributed by atoms with Crippen LogP contribution in [0.4, 0.5) is 0 Å². The molecule has 0 radical (unpaired) electrons. The highest BCUT2D eigenvalue weighted by Crippen LogP contribution is 2.29. The monoisotopic (exact) mass is 348 g/mol. The van der Waals surface area contributed by atoms with Crippen molar-refractivity contribution in [3.8, 4) is 22.6 Å². The van der Waals surface area contributed by atoms with Crippen LogP contribution in [0.5, 0.6) is 11.5 Å². The van der Waals surface area contributed by atoms with Crippen molar-refractivity contribution in [3.05, 3.63) is 84.4 Å². The van der Waals surface area contributed by atoms with Gasteiger partial charge in [0, 0.05) is 12.0 Å². The van der Waals surface area contributed by atoms with E-state index in [2.05, 4.69) is 0 Å². The molecule has 1 N–H and O–H groups in total. The van der Waals surface area contributed by atoms with Gasteiger partial charge in [0.15, 0.2) is 0 Å². The quantitative estimate of drug-likeness (QED) is 0.588. The van der Waals surface area contributed by atoms with E-state index in [4.69, 9.17) is 14.6 Å². The predicted octanol–water partition coefficient (Wildman–Crippen LogP) is 4.90. The molecular formula is C22H20O4. The predicted molar refractivity (Wildman–Crippen MR) is 101 cm³/mol. The molecule has 0 spiro atoms. The molecule has 3 rings (SSSR count). The fourth-order valence-corrected chi connectivity index (χ4v) is 2.64. The zero-order valence-corrected chi connectivity index (χ0v) is 14.3. The van der Waals surface area contributed by atoms with Crippen LogP contribution in [0.2, 0.25) is 0 Å². The van der Waals surface area contributed by atoms with Gasteiger partial charge < -0.3 is 14.6 Å². The van der Waals surface area contributed by atoms with Gasteiger partial charge in [0.25, 0.3) is 0 Å². The van der Waals surface area contributed by atoms with Crippen LogP contribution in [0.15, 0.2) is 78.9 Å². The van der Waals surface area contributed by atoms with Crippen LogP contribution >= 0.6 is 0 Å². The number of para-hydroxylation sites is 2. The third-order valence-corrected chi connectivity index (χ3v) is 3.89. The molecule has 4 heteroatoms. The standard InChI is InChI=1S/C22H20O4/c23-22(24)19-12-5-7-14-21(19)26-16-8-15-25-20-13-6-4-11-18(20)17-9-2-1-3-10-17/h1-7,9-14H,8,15-16H2,(H,23,24). The zero-order valence-electron chi connectivity index (χ0n) is 14.3. The second-order valence-corrected chi connectivity index (χ2v) is 5.71. The summed E-state index contributed by atoms with van der Waals surface area (Å²) < 4.78 is 11.5. The molecule has 0 amide bonds. The third-order valence-electron chi connectivity index (χ3n) is 3.89. The van der Waals surface area contributed by atoms with Crippen molar-refractivity contribution in [2.24, 2.45) is 0 Å². The van der Waals surface area contributed by atoms with Crippen LogP contribution < -0.4 is 9.47 Å². The van der Waals surface area contributed by atoms with Crippen LogP contribution in [-0.2, 0) is 0 Å². The normalized spacial score (nSPS) is 10.3. The van der Waals surface area contributed by atoms with Crippen molar-refractivity contribution in [2.45, 2.75) is 6.42 Å². The molecule has 0 bridgehead atoms. The van der Waals surface area contributed by atoms with Gasteiger partial charge in [-0.25, -0.2) is 4.79 Å². The molecule has 132 valence electrons. The van der Waals surface area contributed by atoms with E-state index in [9.17, 15) is 4.79 Å². The molecule has 0 unspecified atom stereocenters. The van der Waals surface area contributed by atoms with Gasteiger partial charge >= 0.3 is 5.97 Å². The number of carboxylic acids is 1. The largest absolute Gasteiger partial charge is 0.493 e. The Morgan fingerprint density at radius 1 is 0.731 bits per heavy atom. The molecular weight excluding hydrogens is 328 g/mol. The van der Waals surface area contributed by atoms with Crippen LogP contribution in [0, 0.1) is 0 Å². The molecule has 0 saturated heterocycles. The Hall–Kier alpha value is -3.27. The van der Waals surface area contributed by atoms with Crippen molar-refractivity contribution < 1.29 is 19.4 Å². The summed E-state index contributed by atoms with van der Waals surface area (Å²) in [5, 5.41) is 9.15. The maximum absolute atomic E-state index is 11.2. The fraction of sp³-hybridized carbons (Fsp3) is 0.136. The molecule has 0 aromatic heterocycles. The first-order valence-electron chi connectivity index (χ1n) is 8.48. The van der Waals surface area contributed by atoms with E-state index in [-0.39, 0.29) is 5.56 Å². The van der Waals surface area contributed by atoms with E-state index in [0.717, 1.165) is 16.9 Å². The number of aromatic carboxylic acids is 1. The molecule has 3 aromatic rings. The summed E-state index contributed by atoms with van der Waals surface area (Å²) in [7, 11) is 0. The average Bonchev–Trinajstić information content (AvgIpc) is 2.69. The summed E-state index contributed by atoms with van der Waals surface area (Å²) in [5.74, 6) is 0.211. The Labute approximate surface area is 152 Å². The summed E-state index contributed by atoms with van der Waals surface area (Å²) >= 11 is 0. The lowest BCUT2D eigenvalue weighted by Crippen LogP contribution is -2.08. The smallest absolute Gasteiger partial charge is 0.339 e. The molecule has 0 aliphatic carbocycles. The first-order valence-corrected chi connectivity index (χ1v) is 8.48. The first-order chi connectivity index (χ1) is 12.8. The number of rotatable bonds is 8. The summed E-state index contributed by atoms with van der Waals surface area (Å²) in [5.41, 5.74) is 2.32. The van der Waals surface area contributed by atoms with Crippen LogP contribution in [0.3, 0.4) is 0 Å². The van der Waals surface area contributed by atoms with Crippen molar-refractivity contribution in [2.75, 3.05) is 13.2 Å². The fourth-order valence-electron chi connectivity index (χ4n) is 2.64. The number of benzene rings is 3. The Bertz CT molecular complexity index is 859. The zero-order chi connectivity index (χ0) is 18.2. The highest BCUT2D eigenvalue weighted by molar-refractivity contribution is 5.90. The summed E-state index contributed by atoms with van der Waals surface area (Å²) in [6, 6.07) is 24.6. The van der Waals surface area contributed by atoms with E-state index in [0.29, 0.717) is 25.4 Å². The van der Waals surface area contributed by atoms with E-state index < -0.39 is 5.97 Å². The van der Waals surface area contributed by atoms with Gasteiger partial charge in [0.1, 0.15) is 17.1 Å². The second kappa shape index (κ2) is 8.72. The minimum absolute atomic E-state index is 0.169. The minimum atomic E-state index is -0.992. The van der Waals surface area contributed by atoms with Gasteiger partial charge in [-0.15, -0.1) is 0 Å². The van der Waals surface area contributed by atoms with Gasteiger partial charge in [0.05, 0.1) is 13.2 Å². The maximum atomic E-state index is 11.2. The van der Waals surface area contributed by atoms with Crippen molar-refractivity contribution in [3.63, 3.8) is 0 Å². The topological polar surface area (TPSA) is 55.8 Å². The second-order valence-electron chi connectivity index (χ2n) is 5.71. The Kier molecular flexibility index (Phi) is 5.88. The number of carbonyl (C=O) groups is 1. The Morgan fingerprint density at radius 2 is 1.31 bits per heavy atom. The molecule has 0 aliphatic heterocycles. The highest BCUT2D eigenvalue weighted by atomic mass is 16.5. The molecule has 0 saturated carbocycles. The molecule has 0 fully saturated rings. The number of ether oxygens (including phenoxy) is 2. The molecule has 26 heavy (non-hydrogen) atoms. The Balaban J connectivity index is 1.55. The van der Waals surface area contributed by atoms with Crippen molar-refractivity contribution in [1.82, 2.24) is 0 Å². The van der Waals surface area contributed by atoms with E-state index in [1.165, 1.54) is 6.07 Å². The molecule has 0 heterocycles. The third kappa shape index (κ3) is 4.42. The van der Waals surface area contributed by atoms with Crippen molar-refractivity contribution >= 4 is 5.97 Å².